The van der Waals surface area contributed by atoms with Gasteiger partial charge in [0.25, 0.3) is 0 Å². The number of nitrogens with one attached hydrogen (secondary N) is 1. The maximum absolute atomic E-state index is 6.14. The molecule has 0 radical (unpaired) electrons. The largest absolute Gasteiger partial charge is 0.486 e. The van der Waals surface area contributed by atoms with Crippen LogP contribution in [0.1, 0.15) is 17.0 Å². The van der Waals surface area contributed by atoms with Crippen molar-refractivity contribution < 1.29 is 9.26 Å². The summed E-state index contributed by atoms with van der Waals surface area (Å²) in [6.45, 7) is 2.97. The molecule has 0 saturated carbocycles. The number of nitrogens with zero attached hydrogens (tertiary/aromatic N) is 1. The van der Waals surface area contributed by atoms with Gasteiger partial charge in [0, 0.05) is 12.6 Å². The van der Waals surface area contributed by atoms with Crippen molar-refractivity contribution in [3.8, 4) is 5.75 Å². The number of halogens is 1. The lowest BCUT2D eigenvalue weighted by molar-refractivity contribution is 0.288. The number of aryl methyl sites for hydroxylation is 1. The first kappa shape index (κ1) is 12.9. The van der Waals surface area contributed by atoms with Gasteiger partial charge in [0.2, 0.25) is 0 Å². The first-order valence-corrected chi connectivity index (χ1v) is 6.05. The summed E-state index contributed by atoms with van der Waals surface area (Å²) in [6.07, 6.45) is 0. The fraction of sp³-hybridized carbons (Fsp3) is 0.308. The molecule has 0 saturated heterocycles. The van der Waals surface area contributed by atoms with Gasteiger partial charge in [-0.25, -0.2) is 0 Å². The summed E-state index contributed by atoms with van der Waals surface area (Å²) in [4.78, 5) is 0. The van der Waals surface area contributed by atoms with Gasteiger partial charge in [-0.1, -0.05) is 22.8 Å². The second-order valence-corrected chi connectivity index (χ2v) is 4.42. The lowest BCUT2D eigenvalue weighted by atomic mass is 10.2. The Morgan fingerprint density at radius 1 is 1.39 bits per heavy atom. The van der Waals surface area contributed by atoms with Gasteiger partial charge >= 0.3 is 0 Å². The first-order valence-electron chi connectivity index (χ1n) is 5.67. The normalized spacial score (nSPS) is 10.6. The minimum atomic E-state index is 0.350. The van der Waals surface area contributed by atoms with Crippen LogP contribution in [-0.2, 0) is 13.2 Å². The molecule has 0 spiro atoms. The molecule has 1 aromatic heterocycles. The highest BCUT2D eigenvalue weighted by Crippen LogP contribution is 2.26. The number of aromatic nitrogens is 1. The zero-order valence-electron chi connectivity index (χ0n) is 10.4. The number of hydrogen-bond donors (Lipinski definition) is 1. The third kappa shape index (κ3) is 3.24. The van der Waals surface area contributed by atoms with Gasteiger partial charge in [-0.15, -0.1) is 0 Å². The van der Waals surface area contributed by atoms with Crippen LogP contribution in [0.4, 0.5) is 0 Å². The molecule has 0 aliphatic carbocycles. The lowest BCUT2D eigenvalue weighted by Gasteiger charge is -2.08. The molecule has 0 aliphatic rings. The molecule has 0 fully saturated rings. The average molecular weight is 267 g/mol. The predicted octanol–water partition coefficient (Wildman–Crippen LogP) is 2.93. The van der Waals surface area contributed by atoms with Gasteiger partial charge in [0.15, 0.2) is 0 Å². The summed E-state index contributed by atoms with van der Waals surface area (Å²) in [5, 5.41) is 7.52. The van der Waals surface area contributed by atoms with Crippen LogP contribution in [0.15, 0.2) is 28.8 Å². The van der Waals surface area contributed by atoms with Crippen molar-refractivity contribution in [2.75, 3.05) is 7.05 Å². The van der Waals surface area contributed by atoms with Crippen molar-refractivity contribution in [1.29, 1.82) is 0 Å². The molecule has 2 rings (SSSR count). The fourth-order valence-electron chi connectivity index (χ4n) is 1.61. The van der Waals surface area contributed by atoms with Crippen molar-refractivity contribution in [3.63, 3.8) is 0 Å². The van der Waals surface area contributed by atoms with Gasteiger partial charge < -0.3 is 14.6 Å². The van der Waals surface area contributed by atoms with Crippen LogP contribution in [0.3, 0.4) is 0 Å². The van der Waals surface area contributed by atoms with Crippen LogP contribution in [0.5, 0.6) is 5.75 Å². The standard InChI is InChI=1S/C13H15ClN2O2/c1-9-5-11(16-18-9)8-17-13-4-3-10(7-15-2)6-12(13)14/h3-6,15H,7-8H2,1-2H3. The Morgan fingerprint density at radius 3 is 2.83 bits per heavy atom. The summed E-state index contributed by atoms with van der Waals surface area (Å²) >= 11 is 6.14. The smallest absolute Gasteiger partial charge is 0.138 e. The van der Waals surface area contributed by atoms with E-state index in [1.165, 1.54) is 0 Å². The van der Waals surface area contributed by atoms with E-state index in [4.69, 9.17) is 20.9 Å². The van der Waals surface area contributed by atoms with E-state index in [9.17, 15) is 0 Å². The van der Waals surface area contributed by atoms with E-state index >= 15 is 0 Å². The number of benzene rings is 1. The van der Waals surface area contributed by atoms with Crippen LogP contribution < -0.4 is 10.1 Å². The molecule has 0 unspecified atom stereocenters. The summed E-state index contributed by atoms with van der Waals surface area (Å²) in [6, 6.07) is 7.57. The minimum absolute atomic E-state index is 0.350. The molecule has 18 heavy (non-hydrogen) atoms. The van der Waals surface area contributed by atoms with Crippen LogP contribution in [0, 0.1) is 6.92 Å². The highest BCUT2D eigenvalue weighted by Gasteiger charge is 2.05. The van der Waals surface area contributed by atoms with Gasteiger partial charge in [0.1, 0.15) is 23.8 Å². The van der Waals surface area contributed by atoms with Gasteiger partial charge in [0.05, 0.1) is 5.02 Å². The maximum Gasteiger partial charge on any atom is 0.138 e. The van der Waals surface area contributed by atoms with Gasteiger partial charge in [-0.3, -0.25) is 0 Å². The topological polar surface area (TPSA) is 47.3 Å². The van der Waals surface area contributed by atoms with Crippen molar-refractivity contribution in [3.05, 3.63) is 46.3 Å². The molecule has 5 heteroatoms. The van der Waals surface area contributed by atoms with E-state index in [1.807, 2.05) is 38.2 Å². The molecule has 0 atom stereocenters. The summed E-state index contributed by atoms with van der Waals surface area (Å²) in [5.74, 6) is 1.42. The molecule has 1 heterocycles. The van der Waals surface area contributed by atoms with Crippen molar-refractivity contribution in [1.82, 2.24) is 10.5 Å². The van der Waals surface area contributed by atoms with E-state index in [-0.39, 0.29) is 0 Å². The number of hydrogen-bond acceptors (Lipinski definition) is 4. The Labute approximate surface area is 111 Å². The Bertz CT molecular complexity index is 525. The van der Waals surface area contributed by atoms with Crippen LogP contribution in [-0.4, -0.2) is 12.2 Å². The second kappa shape index (κ2) is 5.89. The predicted molar refractivity (Wildman–Crippen MR) is 69.8 cm³/mol. The van der Waals surface area contributed by atoms with E-state index in [0.29, 0.717) is 17.4 Å². The molecule has 0 bridgehead atoms. The third-order valence-corrected chi connectivity index (χ3v) is 2.72. The van der Waals surface area contributed by atoms with E-state index in [2.05, 4.69) is 10.5 Å². The van der Waals surface area contributed by atoms with Gasteiger partial charge in [-0.2, -0.15) is 0 Å². The quantitative estimate of drug-likeness (QED) is 0.904. The molecule has 0 amide bonds. The molecular formula is C13H15ClN2O2. The molecule has 96 valence electrons. The van der Waals surface area contributed by atoms with Gasteiger partial charge in [-0.05, 0) is 31.7 Å². The van der Waals surface area contributed by atoms with Crippen molar-refractivity contribution in [2.45, 2.75) is 20.1 Å². The third-order valence-electron chi connectivity index (χ3n) is 2.43. The summed E-state index contributed by atoms with van der Waals surface area (Å²) in [5.41, 5.74) is 1.87. The summed E-state index contributed by atoms with van der Waals surface area (Å²) in [7, 11) is 1.89. The first-order chi connectivity index (χ1) is 8.69. The highest BCUT2D eigenvalue weighted by atomic mass is 35.5. The molecule has 2 aromatic rings. The second-order valence-electron chi connectivity index (χ2n) is 4.01. The van der Waals surface area contributed by atoms with E-state index < -0.39 is 0 Å². The average Bonchev–Trinajstić information content (AvgIpc) is 2.74. The Kier molecular flexibility index (Phi) is 4.23. The molecular weight excluding hydrogens is 252 g/mol. The molecule has 1 aromatic carbocycles. The van der Waals surface area contributed by atoms with E-state index in [0.717, 1.165) is 23.6 Å². The molecule has 4 nitrogen and oxygen atoms in total. The zero-order valence-corrected chi connectivity index (χ0v) is 11.1. The Morgan fingerprint density at radius 2 is 2.22 bits per heavy atom. The fourth-order valence-corrected chi connectivity index (χ4v) is 1.87. The lowest BCUT2D eigenvalue weighted by Crippen LogP contribution is -2.05. The SMILES string of the molecule is CNCc1ccc(OCc2cc(C)on2)c(Cl)c1. The monoisotopic (exact) mass is 266 g/mol. The van der Waals surface area contributed by atoms with Crippen molar-refractivity contribution in [2.24, 2.45) is 0 Å². The maximum atomic E-state index is 6.14. The number of rotatable bonds is 5. The van der Waals surface area contributed by atoms with Crippen LogP contribution >= 0.6 is 11.6 Å². The van der Waals surface area contributed by atoms with E-state index in [1.54, 1.807) is 0 Å². The highest BCUT2D eigenvalue weighted by molar-refractivity contribution is 6.32. The Balaban J connectivity index is 2.01. The summed E-state index contributed by atoms with van der Waals surface area (Å²) < 4.78 is 10.6. The van der Waals surface area contributed by atoms with Crippen LogP contribution in [0.2, 0.25) is 5.02 Å². The van der Waals surface area contributed by atoms with Crippen molar-refractivity contribution >= 4 is 11.6 Å². The minimum Gasteiger partial charge on any atom is -0.486 e. The zero-order chi connectivity index (χ0) is 13.0. The Hall–Kier alpha value is -1.52. The van der Waals surface area contributed by atoms with Crippen LogP contribution in [0.25, 0.3) is 0 Å². The number of ether oxygens (including phenoxy) is 1. The molecule has 0 aliphatic heterocycles. The molecule has 1 N–H and O–H groups in total.